The molecule has 1 amide bonds. The Bertz CT molecular complexity index is 467. The van der Waals surface area contributed by atoms with Crippen molar-refractivity contribution < 1.29 is 4.79 Å². The third kappa shape index (κ3) is 3.28. The number of carbonyl (C=O) groups excluding carboxylic acids is 1. The lowest BCUT2D eigenvalue weighted by molar-refractivity contribution is 0.0690. The van der Waals surface area contributed by atoms with Crippen molar-refractivity contribution in [3.63, 3.8) is 0 Å². The number of benzene rings is 1. The normalized spacial score (nSPS) is 23.2. The smallest absolute Gasteiger partial charge is 0.255 e. The van der Waals surface area contributed by atoms with Gasteiger partial charge in [0, 0.05) is 19.1 Å². The van der Waals surface area contributed by atoms with Gasteiger partial charge in [-0.2, -0.15) is 0 Å². The molecule has 0 heterocycles. The Hall–Kier alpha value is -1.06. The van der Waals surface area contributed by atoms with Gasteiger partial charge in [-0.05, 0) is 50.3 Å². The van der Waals surface area contributed by atoms with Gasteiger partial charge < -0.3 is 10.6 Å². The van der Waals surface area contributed by atoms with E-state index in [1.165, 1.54) is 0 Å². The summed E-state index contributed by atoms with van der Waals surface area (Å²) >= 11 is 6.16. The number of nitrogens with two attached hydrogens (primary N) is 1. The van der Waals surface area contributed by atoms with Crippen molar-refractivity contribution in [3.8, 4) is 0 Å². The van der Waals surface area contributed by atoms with E-state index in [1.807, 2.05) is 37.1 Å². The van der Waals surface area contributed by atoms with Crippen LogP contribution in [0.25, 0.3) is 0 Å². The molecule has 0 aliphatic heterocycles. The zero-order valence-electron chi connectivity index (χ0n) is 11.5. The van der Waals surface area contributed by atoms with Crippen LogP contribution in [0.3, 0.4) is 0 Å². The molecule has 0 atom stereocenters. The molecule has 2 rings (SSSR count). The molecule has 0 spiro atoms. The van der Waals surface area contributed by atoms with E-state index < -0.39 is 0 Å². The molecular formula is C15H21ClN2O. The summed E-state index contributed by atoms with van der Waals surface area (Å²) < 4.78 is 0. The molecule has 4 heteroatoms. The molecule has 0 radical (unpaired) electrons. The second-order valence-electron chi connectivity index (χ2n) is 5.47. The number of carbonyl (C=O) groups is 1. The minimum absolute atomic E-state index is 0.00507. The molecule has 1 aromatic carbocycles. The lowest BCUT2D eigenvalue weighted by Gasteiger charge is -2.33. The highest BCUT2D eigenvalue weighted by Crippen LogP contribution is 2.25. The van der Waals surface area contributed by atoms with Crippen LogP contribution in [0.1, 0.15) is 41.6 Å². The lowest BCUT2D eigenvalue weighted by Crippen LogP contribution is -2.41. The summed E-state index contributed by atoms with van der Waals surface area (Å²) in [7, 11) is 1.86. The first-order chi connectivity index (χ1) is 8.99. The number of aryl methyl sites for hydroxylation is 1. The van der Waals surface area contributed by atoms with Crippen molar-refractivity contribution in [2.45, 2.75) is 44.7 Å². The number of halogens is 1. The van der Waals surface area contributed by atoms with E-state index in [9.17, 15) is 4.79 Å². The molecule has 0 saturated heterocycles. The van der Waals surface area contributed by atoms with E-state index in [2.05, 4.69) is 0 Å². The molecular weight excluding hydrogens is 260 g/mol. The van der Waals surface area contributed by atoms with Gasteiger partial charge in [0.05, 0.1) is 10.6 Å². The van der Waals surface area contributed by atoms with E-state index in [-0.39, 0.29) is 11.9 Å². The van der Waals surface area contributed by atoms with Gasteiger partial charge in [0.1, 0.15) is 0 Å². The Morgan fingerprint density at radius 3 is 2.53 bits per heavy atom. The standard InChI is InChI=1S/C15H21ClN2O/c1-10-3-8-13(14(16)9-10)15(19)18(2)12-6-4-11(17)5-7-12/h3,8-9,11-12H,4-7,17H2,1-2H3. The average Bonchev–Trinajstić information content (AvgIpc) is 2.38. The van der Waals surface area contributed by atoms with Crippen molar-refractivity contribution in [2.75, 3.05) is 7.05 Å². The zero-order chi connectivity index (χ0) is 14.0. The molecule has 19 heavy (non-hydrogen) atoms. The Labute approximate surface area is 119 Å². The molecule has 1 fully saturated rings. The Morgan fingerprint density at radius 1 is 1.32 bits per heavy atom. The second-order valence-corrected chi connectivity index (χ2v) is 5.88. The van der Waals surface area contributed by atoms with Gasteiger partial charge in [0.15, 0.2) is 0 Å². The van der Waals surface area contributed by atoms with Gasteiger partial charge in [0.25, 0.3) is 5.91 Å². The van der Waals surface area contributed by atoms with Gasteiger partial charge in [0.2, 0.25) is 0 Å². The Morgan fingerprint density at radius 2 is 1.95 bits per heavy atom. The van der Waals surface area contributed by atoms with Crippen LogP contribution in [0.15, 0.2) is 18.2 Å². The first-order valence-corrected chi connectivity index (χ1v) is 7.15. The highest BCUT2D eigenvalue weighted by atomic mass is 35.5. The van der Waals surface area contributed by atoms with Crippen molar-refractivity contribution >= 4 is 17.5 Å². The maximum absolute atomic E-state index is 12.5. The summed E-state index contributed by atoms with van der Waals surface area (Å²) in [6.07, 6.45) is 3.94. The monoisotopic (exact) mass is 280 g/mol. The van der Waals surface area contributed by atoms with Crippen LogP contribution in [0.5, 0.6) is 0 Å². The zero-order valence-corrected chi connectivity index (χ0v) is 12.3. The van der Waals surface area contributed by atoms with Gasteiger partial charge in [-0.25, -0.2) is 0 Å². The molecule has 2 N–H and O–H groups in total. The summed E-state index contributed by atoms with van der Waals surface area (Å²) in [6, 6.07) is 6.14. The number of rotatable bonds is 2. The highest BCUT2D eigenvalue weighted by molar-refractivity contribution is 6.33. The molecule has 1 saturated carbocycles. The van der Waals surface area contributed by atoms with Crippen LogP contribution in [-0.4, -0.2) is 29.9 Å². The van der Waals surface area contributed by atoms with E-state index in [0.29, 0.717) is 16.6 Å². The number of hydrogen-bond acceptors (Lipinski definition) is 2. The van der Waals surface area contributed by atoms with Crippen LogP contribution >= 0.6 is 11.6 Å². The van der Waals surface area contributed by atoms with E-state index in [1.54, 1.807) is 0 Å². The second kappa shape index (κ2) is 5.93. The van der Waals surface area contributed by atoms with Gasteiger partial charge >= 0.3 is 0 Å². The first kappa shape index (κ1) is 14.4. The molecule has 1 aliphatic rings. The quantitative estimate of drug-likeness (QED) is 0.905. The SMILES string of the molecule is Cc1ccc(C(=O)N(C)C2CCC(N)CC2)c(Cl)c1. The average molecular weight is 281 g/mol. The summed E-state index contributed by atoms with van der Waals surface area (Å²) in [5.41, 5.74) is 7.55. The third-order valence-electron chi connectivity index (χ3n) is 3.96. The Balaban J connectivity index is 2.10. The molecule has 104 valence electrons. The third-order valence-corrected chi connectivity index (χ3v) is 4.28. The van der Waals surface area contributed by atoms with Gasteiger partial charge in [-0.1, -0.05) is 17.7 Å². The van der Waals surface area contributed by atoms with Crippen LogP contribution < -0.4 is 5.73 Å². The van der Waals surface area contributed by atoms with Crippen LogP contribution in [0, 0.1) is 6.92 Å². The number of nitrogens with zero attached hydrogens (tertiary/aromatic N) is 1. The minimum Gasteiger partial charge on any atom is -0.339 e. The summed E-state index contributed by atoms with van der Waals surface area (Å²) in [6.45, 7) is 1.96. The van der Waals surface area contributed by atoms with Crippen LogP contribution in [0.2, 0.25) is 5.02 Å². The summed E-state index contributed by atoms with van der Waals surface area (Å²) in [5.74, 6) is 0.00507. The molecule has 0 bridgehead atoms. The van der Waals surface area contributed by atoms with Gasteiger partial charge in [-0.3, -0.25) is 4.79 Å². The van der Waals surface area contributed by atoms with Crippen molar-refractivity contribution in [1.82, 2.24) is 4.90 Å². The predicted molar refractivity (Wildman–Crippen MR) is 78.5 cm³/mol. The number of hydrogen-bond donors (Lipinski definition) is 1. The van der Waals surface area contributed by atoms with E-state index in [4.69, 9.17) is 17.3 Å². The fourth-order valence-electron chi connectivity index (χ4n) is 2.64. The number of amides is 1. The maximum atomic E-state index is 12.5. The first-order valence-electron chi connectivity index (χ1n) is 6.78. The van der Waals surface area contributed by atoms with Crippen molar-refractivity contribution in [3.05, 3.63) is 34.3 Å². The molecule has 3 nitrogen and oxygen atoms in total. The summed E-state index contributed by atoms with van der Waals surface area (Å²) in [5, 5.41) is 0.532. The highest BCUT2D eigenvalue weighted by Gasteiger charge is 2.26. The fraction of sp³-hybridized carbons (Fsp3) is 0.533. The summed E-state index contributed by atoms with van der Waals surface area (Å²) in [4.78, 5) is 14.3. The lowest BCUT2D eigenvalue weighted by atomic mass is 9.90. The predicted octanol–water partition coefficient (Wildman–Crippen LogP) is 2.99. The van der Waals surface area contributed by atoms with E-state index >= 15 is 0 Å². The fourth-order valence-corrected chi connectivity index (χ4v) is 2.95. The minimum atomic E-state index is 0.00507. The van der Waals surface area contributed by atoms with Crippen molar-refractivity contribution in [2.24, 2.45) is 5.73 Å². The molecule has 1 aromatic rings. The molecule has 1 aliphatic carbocycles. The van der Waals surface area contributed by atoms with Crippen LogP contribution in [-0.2, 0) is 0 Å². The Kier molecular flexibility index (Phi) is 4.48. The van der Waals surface area contributed by atoms with Crippen molar-refractivity contribution in [1.29, 1.82) is 0 Å². The van der Waals surface area contributed by atoms with E-state index in [0.717, 1.165) is 31.2 Å². The maximum Gasteiger partial charge on any atom is 0.255 e. The largest absolute Gasteiger partial charge is 0.339 e. The van der Waals surface area contributed by atoms with Crippen LogP contribution in [0.4, 0.5) is 0 Å². The molecule has 0 aromatic heterocycles. The molecule has 0 unspecified atom stereocenters. The van der Waals surface area contributed by atoms with Gasteiger partial charge in [-0.15, -0.1) is 0 Å². The topological polar surface area (TPSA) is 46.3 Å².